The Balaban J connectivity index is 1.48. The van der Waals surface area contributed by atoms with E-state index in [9.17, 15) is 4.79 Å². The average Bonchev–Trinajstić information content (AvgIpc) is 2.70. The van der Waals surface area contributed by atoms with Crippen molar-refractivity contribution in [3.05, 3.63) is 24.3 Å². The van der Waals surface area contributed by atoms with Crippen molar-refractivity contribution in [1.82, 2.24) is 9.80 Å². The number of likely N-dealkylation sites (N-methyl/N-ethyl adjacent to an activating group) is 1. The first-order chi connectivity index (χ1) is 12.7. The van der Waals surface area contributed by atoms with Crippen LogP contribution in [0.5, 0.6) is 5.75 Å². The van der Waals surface area contributed by atoms with Gasteiger partial charge in [-0.1, -0.05) is 19.3 Å². The van der Waals surface area contributed by atoms with Crippen LogP contribution in [0.2, 0.25) is 0 Å². The summed E-state index contributed by atoms with van der Waals surface area (Å²) in [5.74, 6) is 1.21. The molecule has 2 aliphatic rings. The van der Waals surface area contributed by atoms with Crippen molar-refractivity contribution in [1.29, 1.82) is 0 Å². The summed E-state index contributed by atoms with van der Waals surface area (Å²) in [6.07, 6.45) is 6.25. The minimum absolute atomic E-state index is 0.317. The lowest BCUT2D eigenvalue weighted by Crippen LogP contribution is -2.51. The van der Waals surface area contributed by atoms with Crippen molar-refractivity contribution in [2.24, 2.45) is 0 Å². The Morgan fingerprint density at radius 2 is 1.73 bits per heavy atom. The molecule has 3 rings (SSSR count). The van der Waals surface area contributed by atoms with Crippen LogP contribution in [-0.4, -0.2) is 68.1 Å². The van der Waals surface area contributed by atoms with Gasteiger partial charge in [0.15, 0.2) is 0 Å². The molecule has 2 fully saturated rings. The lowest BCUT2D eigenvalue weighted by atomic mass is 9.94. The Bertz CT molecular complexity index is 561. The molecule has 5 nitrogen and oxygen atoms in total. The molecule has 0 radical (unpaired) electrons. The number of rotatable bonds is 6. The minimum Gasteiger partial charge on any atom is -0.497 e. The number of carbonyl (C=O) groups excluding carboxylic acids is 1. The summed E-state index contributed by atoms with van der Waals surface area (Å²) in [4.78, 5) is 19.7. The van der Waals surface area contributed by atoms with E-state index in [0.717, 1.165) is 38.5 Å². The maximum absolute atomic E-state index is 12.8. The quantitative estimate of drug-likeness (QED) is 0.782. The summed E-state index contributed by atoms with van der Waals surface area (Å²) in [6.45, 7) is 7.36. The van der Waals surface area contributed by atoms with Crippen molar-refractivity contribution in [2.75, 3.05) is 51.3 Å². The van der Waals surface area contributed by atoms with Gasteiger partial charge in [-0.15, -0.1) is 0 Å². The number of hydrogen-bond donors (Lipinski definition) is 0. The van der Waals surface area contributed by atoms with Gasteiger partial charge in [-0.2, -0.15) is 0 Å². The Morgan fingerprint density at radius 1 is 1.08 bits per heavy atom. The van der Waals surface area contributed by atoms with Crippen molar-refractivity contribution < 1.29 is 9.53 Å². The van der Waals surface area contributed by atoms with Gasteiger partial charge in [-0.3, -0.25) is 9.69 Å². The normalized spacial score (nSPS) is 19.4. The van der Waals surface area contributed by atoms with Crippen LogP contribution in [0.25, 0.3) is 0 Å². The molecule has 1 aromatic carbocycles. The van der Waals surface area contributed by atoms with E-state index in [2.05, 4.69) is 33.8 Å². The summed E-state index contributed by atoms with van der Waals surface area (Å²) in [7, 11) is 1.69. The molecule has 26 heavy (non-hydrogen) atoms. The number of carbonyl (C=O) groups is 1. The Morgan fingerprint density at radius 3 is 2.31 bits per heavy atom. The summed E-state index contributed by atoms with van der Waals surface area (Å²) in [5, 5.41) is 0. The fourth-order valence-corrected chi connectivity index (χ4v) is 4.27. The number of piperazine rings is 1. The highest BCUT2D eigenvalue weighted by Crippen LogP contribution is 2.23. The highest BCUT2D eigenvalue weighted by Gasteiger charge is 2.26. The number of anilines is 1. The van der Waals surface area contributed by atoms with Crippen molar-refractivity contribution in [2.45, 2.75) is 45.1 Å². The van der Waals surface area contributed by atoms with E-state index in [4.69, 9.17) is 4.74 Å². The number of nitrogens with zero attached hydrogens (tertiary/aromatic N) is 3. The topological polar surface area (TPSA) is 36.0 Å². The van der Waals surface area contributed by atoms with Gasteiger partial charge < -0.3 is 14.5 Å². The molecule has 0 bridgehead atoms. The molecule has 1 aromatic rings. The fraction of sp³-hybridized carbons (Fsp3) is 0.667. The predicted molar refractivity (Wildman–Crippen MR) is 106 cm³/mol. The molecule has 0 aromatic heterocycles. The standard InChI is InChI=1S/C21H33N3O2/c1-3-24(19-7-5-4-6-8-19)21(25)17-22-13-15-23(16-14-22)18-9-11-20(26-2)12-10-18/h9-12,19H,3-8,13-17H2,1-2H3. The molecule has 0 unspecified atom stereocenters. The number of ether oxygens (including phenoxy) is 1. The van der Waals surface area contributed by atoms with E-state index in [-0.39, 0.29) is 0 Å². The van der Waals surface area contributed by atoms with E-state index in [1.165, 1.54) is 37.8 Å². The van der Waals surface area contributed by atoms with Crippen LogP contribution in [0.3, 0.4) is 0 Å². The van der Waals surface area contributed by atoms with Crippen molar-refractivity contribution >= 4 is 11.6 Å². The molecule has 1 saturated carbocycles. The van der Waals surface area contributed by atoms with Crippen LogP contribution in [0.15, 0.2) is 24.3 Å². The second-order valence-electron chi connectivity index (χ2n) is 7.43. The molecule has 1 aliphatic heterocycles. The van der Waals surface area contributed by atoms with Gasteiger partial charge in [0.25, 0.3) is 0 Å². The third-order valence-electron chi connectivity index (χ3n) is 5.85. The maximum Gasteiger partial charge on any atom is 0.236 e. The second kappa shape index (κ2) is 9.26. The van der Waals surface area contributed by atoms with Crippen LogP contribution in [-0.2, 0) is 4.79 Å². The highest BCUT2D eigenvalue weighted by atomic mass is 16.5. The van der Waals surface area contributed by atoms with E-state index in [1.807, 2.05) is 12.1 Å². The zero-order chi connectivity index (χ0) is 18.4. The number of benzene rings is 1. The highest BCUT2D eigenvalue weighted by molar-refractivity contribution is 5.78. The first-order valence-corrected chi connectivity index (χ1v) is 10.1. The largest absolute Gasteiger partial charge is 0.497 e. The molecule has 0 N–H and O–H groups in total. The molecular weight excluding hydrogens is 326 g/mol. The monoisotopic (exact) mass is 359 g/mol. The molecule has 1 saturated heterocycles. The Hall–Kier alpha value is -1.75. The van der Waals surface area contributed by atoms with Crippen molar-refractivity contribution in [3.63, 3.8) is 0 Å². The Kier molecular flexibility index (Phi) is 6.78. The number of amides is 1. The smallest absolute Gasteiger partial charge is 0.236 e. The van der Waals surface area contributed by atoms with Crippen LogP contribution >= 0.6 is 0 Å². The third-order valence-corrected chi connectivity index (χ3v) is 5.85. The molecule has 1 amide bonds. The molecule has 1 aliphatic carbocycles. The van der Waals surface area contributed by atoms with Gasteiger partial charge in [-0.05, 0) is 44.0 Å². The first kappa shape index (κ1) is 19.0. The summed E-state index contributed by atoms with van der Waals surface area (Å²) in [5.41, 5.74) is 1.23. The van der Waals surface area contributed by atoms with Crippen LogP contribution < -0.4 is 9.64 Å². The molecule has 144 valence electrons. The summed E-state index contributed by atoms with van der Waals surface area (Å²) in [6, 6.07) is 8.72. The van der Waals surface area contributed by atoms with Gasteiger partial charge in [0.1, 0.15) is 5.75 Å². The lowest BCUT2D eigenvalue weighted by Gasteiger charge is -2.38. The first-order valence-electron chi connectivity index (χ1n) is 10.1. The molecule has 0 spiro atoms. The van der Waals surface area contributed by atoms with E-state index in [0.29, 0.717) is 18.5 Å². The van der Waals surface area contributed by atoms with Crippen LogP contribution in [0.4, 0.5) is 5.69 Å². The predicted octanol–water partition coefficient (Wildman–Crippen LogP) is 3.00. The third kappa shape index (κ3) is 4.70. The molecular formula is C21H33N3O2. The van der Waals surface area contributed by atoms with Crippen LogP contribution in [0.1, 0.15) is 39.0 Å². The average molecular weight is 360 g/mol. The van der Waals surface area contributed by atoms with Gasteiger partial charge in [0, 0.05) is 44.5 Å². The SMILES string of the molecule is CCN(C(=O)CN1CCN(c2ccc(OC)cc2)CC1)C1CCCCC1. The lowest BCUT2D eigenvalue weighted by molar-refractivity contribution is -0.135. The summed E-state index contributed by atoms with van der Waals surface area (Å²) >= 11 is 0. The fourth-order valence-electron chi connectivity index (χ4n) is 4.27. The molecule has 0 atom stereocenters. The van der Waals surface area contributed by atoms with Gasteiger partial charge >= 0.3 is 0 Å². The van der Waals surface area contributed by atoms with E-state index < -0.39 is 0 Å². The maximum atomic E-state index is 12.8. The summed E-state index contributed by atoms with van der Waals surface area (Å²) < 4.78 is 5.23. The number of hydrogen-bond acceptors (Lipinski definition) is 4. The van der Waals surface area contributed by atoms with Gasteiger partial charge in [-0.25, -0.2) is 0 Å². The zero-order valence-electron chi connectivity index (χ0n) is 16.3. The number of methoxy groups -OCH3 is 1. The molecule has 5 heteroatoms. The van der Waals surface area contributed by atoms with Crippen molar-refractivity contribution in [3.8, 4) is 5.75 Å². The van der Waals surface area contributed by atoms with Gasteiger partial charge in [0.2, 0.25) is 5.91 Å². The van der Waals surface area contributed by atoms with Crippen LogP contribution in [0, 0.1) is 0 Å². The second-order valence-corrected chi connectivity index (χ2v) is 7.43. The Labute approximate surface area is 157 Å². The minimum atomic E-state index is 0.317. The zero-order valence-corrected chi connectivity index (χ0v) is 16.3. The van der Waals surface area contributed by atoms with E-state index >= 15 is 0 Å². The molecule has 1 heterocycles. The van der Waals surface area contributed by atoms with E-state index in [1.54, 1.807) is 7.11 Å². The van der Waals surface area contributed by atoms with Gasteiger partial charge in [0.05, 0.1) is 13.7 Å².